The van der Waals surface area contributed by atoms with Crippen LogP contribution in [0.5, 0.6) is 0 Å². The van der Waals surface area contributed by atoms with E-state index in [1.54, 1.807) is 0 Å². The average Bonchev–Trinajstić information content (AvgIpc) is 2.18. The first-order valence-corrected chi connectivity index (χ1v) is 1.91. The Hall–Kier alpha value is -0.470. The molecule has 3 heteroatoms. The van der Waals surface area contributed by atoms with Gasteiger partial charge in [-0.15, -0.1) is 0 Å². The number of hydrogen-bond acceptors (Lipinski definition) is 1. The van der Waals surface area contributed by atoms with E-state index in [1.807, 2.05) is 0 Å². The summed E-state index contributed by atoms with van der Waals surface area (Å²) in [5.41, 5.74) is -2.22. The fourth-order valence-corrected chi connectivity index (χ4v) is 0.307. The van der Waals surface area contributed by atoms with E-state index >= 15 is 0 Å². The van der Waals surface area contributed by atoms with Gasteiger partial charge in [-0.25, -0.2) is 8.78 Å². The summed E-state index contributed by atoms with van der Waals surface area (Å²) in [6.07, 6.45) is -0.900. The minimum absolute atomic E-state index is 0.295. The molecule has 0 spiro atoms. The molecule has 0 heterocycles. The Kier molecular flexibility index (Phi) is 0.685. The third kappa shape index (κ3) is 0.518. The highest BCUT2D eigenvalue weighted by molar-refractivity contribution is 5.69. The molecule has 1 aliphatic carbocycles. The molecule has 1 radical (unpaired) electrons. The fourth-order valence-electron chi connectivity index (χ4n) is 0.307. The predicted octanol–water partition coefficient (Wildman–Crippen LogP) is 0.546. The van der Waals surface area contributed by atoms with Crippen LogP contribution in [0.1, 0.15) is 6.42 Å². The number of alkyl halides is 2. The zero-order valence-electron chi connectivity index (χ0n) is 3.45. The molecule has 39 valence electrons. The Labute approximate surface area is 39.3 Å². The van der Waals surface area contributed by atoms with Crippen molar-refractivity contribution in [1.82, 2.24) is 0 Å². The summed E-state index contributed by atoms with van der Waals surface area (Å²) < 4.78 is 23.3. The van der Waals surface area contributed by atoms with Crippen molar-refractivity contribution in [2.75, 3.05) is 0 Å². The predicted molar refractivity (Wildman–Crippen MR) is 19.0 cm³/mol. The van der Waals surface area contributed by atoms with Gasteiger partial charge in [-0.3, -0.25) is 4.79 Å². The summed E-state index contributed by atoms with van der Waals surface area (Å²) in [7, 11) is 0. The monoisotopic (exact) mass is 105 g/mol. The lowest BCUT2D eigenvalue weighted by Crippen LogP contribution is -2.04. The van der Waals surface area contributed by atoms with Crippen molar-refractivity contribution in [2.45, 2.75) is 18.3 Å². The standard InChI is InChI=1S/C4H3F2O/c5-3-1-4(3,6)2-7/h3H,1H2. The summed E-state index contributed by atoms with van der Waals surface area (Å²) in [6.45, 7) is 0. The molecular formula is C4H3F2O. The van der Waals surface area contributed by atoms with Crippen LogP contribution in [0, 0.1) is 0 Å². The molecule has 0 aromatic heterocycles. The number of hydrogen-bond donors (Lipinski definition) is 0. The maximum absolute atomic E-state index is 11.8. The molecule has 0 bridgehead atoms. The lowest BCUT2D eigenvalue weighted by molar-refractivity contribution is 0.310. The molecule has 2 atom stereocenters. The Morgan fingerprint density at radius 3 is 2.29 bits per heavy atom. The van der Waals surface area contributed by atoms with E-state index in [0.717, 1.165) is 6.29 Å². The van der Waals surface area contributed by atoms with Crippen LogP contribution in [0.15, 0.2) is 0 Å². The molecular weight excluding hydrogens is 102 g/mol. The third-order valence-corrected chi connectivity index (χ3v) is 0.982. The lowest BCUT2D eigenvalue weighted by Gasteiger charge is -1.81. The first-order chi connectivity index (χ1) is 3.19. The van der Waals surface area contributed by atoms with Gasteiger partial charge in [0.2, 0.25) is 12.0 Å². The number of rotatable bonds is 1. The van der Waals surface area contributed by atoms with E-state index in [1.165, 1.54) is 0 Å². The Balaban J connectivity index is 2.51. The van der Waals surface area contributed by atoms with Gasteiger partial charge in [0.25, 0.3) is 0 Å². The van der Waals surface area contributed by atoms with Gasteiger partial charge in [0.1, 0.15) is 6.17 Å². The zero-order chi connectivity index (χ0) is 5.49. The smallest absolute Gasteiger partial charge is 0.242 e. The second kappa shape index (κ2) is 1.02. The third-order valence-electron chi connectivity index (χ3n) is 0.982. The quantitative estimate of drug-likeness (QED) is 0.475. The molecule has 1 saturated carbocycles. The van der Waals surface area contributed by atoms with Gasteiger partial charge >= 0.3 is 0 Å². The number of carbonyl (C=O) groups excluding carboxylic acids is 1. The molecule has 0 aliphatic heterocycles. The van der Waals surface area contributed by atoms with Gasteiger partial charge in [-0.1, -0.05) is 0 Å². The normalized spacial score (nSPS) is 48.6. The van der Waals surface area contributed by atoms with Crippen LogP contribution in [0.3, 0.4) is 0 Å². The summed E-state index contributed by atoms with van der Waals surface area (Å²) in [5, 5.41) is 0. The lowest BCUT2D eigenvalue weighted by atomic mass is 10.4. The van der Waals surface area contributed by atoms with Crippen molar-refractivity contribution < 1.29 is 13.6 Å². The summed E-state index contributed by atoms with van der Waals surface area (Å²) in [5.74, 6) is 0. The van der Waals surface area contributed by atoms with Gasteiger partial charge in [-0.2, -0.15) is 0 Å². The molecule has 2 unspecified atom stereocenters. The Bertz CT molecular complexity index is 104. The molecule has 1 aliphatic rings. The van der Waals surface area contributed by atoms with E-state index in [2.05, 4.69) is 0 Å². The Morgan fingerprint density at radius 1 is 1.86 bits per heavy atom. The molecule has 0 aromatic carbocycles. The van der Waals surface area contributed by atoms with Crippen LogP contribution in [-0.4, -0.2) is 18.1 Å². The average molecular weight is 105 g/mol. The summed E-state index contributed by atoms with van der Waals surface area (Å²) >= 11 is 0. The van der Waals surface area contributed by atoms with Crippen LogP contribution in [0.4, 0.5) is 8.78 Å². The molecule has 1 fully saturated rings. The van der Waals surface area contributed by atoms with Crippen molar-refractivity contribution in [3.8, 4) is 0 Å². The van der Waals surface area contributed by atoms with Gasteiger partial charge in [0, 0.05) is 6.42 Å². The highest BCUT2D eigenvalue weighted by Crippen LogP contribution is 2.40. The van der Waals surface area contributed by atoms with Crippen LogP contribution < -0.4 is 0 Å². The van der Waals surface area contributed by atoms with Crippen molar-refractivity contribution in [3.05, 3.63) is 0 Å². The molecule has 1 nitrogen and oxygen atoms in total. The van der Waals surface area contributed by atoms with E-state index in [4.69, 9.17) is 0 Å². The zero-order valence-corrected chi connectivity index (χ0v) is 3.45. The maximum atomic E-state index is 11.8. The largest absolute Gasteiger partial charge is 0.287 e. The molecule has 0 amide bonds. The maximum Gasteiger partial charge on any atom is 0.242 e. The van der Waals surface area contributed by atoms with E-state index in [9.17, 15) is 13.6 Å². The Morgan fingerprint density at radius 2 is 2.29 bits per heavy atom. The molecule has 0 saturated heterocycles. The first kappa shape index (κ1) is 4.68. The SMILES string of the molecule is O=[C]C1(F)CC1F. The van der Waals surface area contributed by atoms with Crippen molar-refractivity contribution in [2.24, 2.45) is 0 Å². The highest BCUT2D eigenvalue weighted by Gasteiger charge is 2.58. The molecule has 0 aromatic rings. The molecule has 0 N–H and O–H groups in total. The van der Waals surface area contributed by atoms with E-state index in [0.29, 0.717) is 0 Å². The van der Waals surface area contributed by atoms with Crippen molar-refractivity contribution in [3.63, 3.8) is 0 Å². The van der Waals surface area contributed by atoms with Gasteiger partial charge in [0.05, 0.1) is 0 Å². The second-order valence-corrected chi connectivity index (χ2v) is 1.64. The van der Waals surface area contributed by atoms with Crippen LogP contribution in [0.25, 0.3) is 0 Å². The van der Waals surface area contributed by atoms with Crippen LogP contribution in [-0.2, 0) is 4.79 Å². The minimum Gasteiger partial charge on any atom is -0.287 e. The van der Waals surface area contributed by atoms with Crippen molar-refractivity contribution >= 4 is 6.29 Å². The topological polar surface area (TPSA) is 17.1 Å². The summed E-state index contributed by atoms with van der Waals surface area (Å²) in [6, 6.07) is 0. The first-order valence-electron chi connectivity index (χ1n) is 1.91. The van der Waals surface area contributed by atoms with E-state index in [-0.39, 0.29) is 6.42 Å². The number of halogens is 2. The summed E-state index contributed by atoms with van der Waals surface area (Å²) in [4.78, 5) is 9.36. The highest BCUT2D eigenvalue weighted by atomic mass is 19.2. The van der Waals surface area contributed by atoms with E-state index < -0.39 is 11.8 Å². The van der Waals surface area contributed by atoms with Gasteiger partial charge < -0.3 is 0 Å². The fraction of sp³-hybridized carbons (Fsp3) is 0.750. The minimum atomic E-state index is -2.22. The second-order valence-electron chi connectivity index (χ2n) is 1.64. The van der Waals surface area contributed by atoms with Gasteiger partial charge in [-0.05, 0) is 0 Å². The van der Waals surface area contributed by atoms with Crippen LogP contribution in [0.2, 0.25) is 0 Å². The molecule has 1 rings (SSSR count). The van der Waals surface area contributed by atoms with Gasteiger partial charge in [0.15, 0.2) is 0 Å². The van der Waals surface area contributed by atoms with Crippen LogP contribution >= 0.6 is 0 Å². The molecule has 7 heavy (non-hydrogen) atoms. The van der Waals surface area contributed by atoms with Crippen molar-refractivity contribution in [1.29, 1.82) is 0 Å².